The first-order valence-electron chi connectivity index (χ1n) is 10.4. The van der Waals surface area contributed by atoms with Crippen LogP contribution in [-0.2, 0) is 23.1 Å². The molecule has 1 amide bonds. The third kappa shape index (κ3) is 6.10. The second-order valence-electron chi connectivity index (χ2n) is 8.01. The Morgan fingerprint density at radius 1 is 1.25 bits per heavy atom. The minimum atomic E-state index is -3.27. The van der Waals surface area contributed by atoms with Crippen molar-refractivity contribution in [1.82, 2.24) is 20.4 Å². The second-order valence-corrected chi connectivity index (χ2v) is 12.9. The Hall–Kier alpha value is -2.40. The number of aromatic nitrogens is 1. The van der Waals surface area contributed by atoms with Crippen LogP contribution < -0.4 is 20.9 Å². The number of sulfonamides is 1. The number of hydrogen-bond donors (Lipinski definition) is 4. The molecule has 0 spiro atoms. The molecule has 32 heavy (non-hydrogen) atoms. The number of hydrogen-bond acceptors (Lipinski definition) is 6. The highest BCUT2D eigenvalue weighted by Gasteiger charge is 2.18. The van der Waals surface area contributed by atoms with Crippen molar-refractivity contribution in [3.05, 3.63) is 53.2 Å². The van der Waals surface area contributed by atoms with E-state index in [0.717, 1.165) is 40.9 Å². The van der Waals surface area contributed by atoms with Crippen molar-refractivity contribution in [3.8, 4) is 0 Å². The van der Waals surface area contributed by atoms with Gasteiger partial charge < -0.3 is 10.7 Å². The van der Waals surface area contributed by atoms with Gasteiger partial charge in [-0.05, 0) is 35.1 Å². The number of anilines is 1. The summed E-state index contributed by atoms with van der Waals surface area (Å²) in [5, 5.41) is 2.96. The molecule has 0 saturated carbocycles. The summed E-state index contributed by atoms with van der Waals surface area (Å²) in [5.74, 6) is 9.33. The lowest BCUT2D eigenvalue weighted by Crippen LogP contribution is -2.31. The number of carbonyl (C=O) groups is 1. The minimum absolute atomic E-state index is 0.0315. The van der Waals surface area contributed by atoms with E-state index in [1.54, 1.807) is 6.20 Å². The fourth-order valence-corrected chi connectivity index (χ4v) is 6.28. The van der Waals surface area contributed by atoms with E-state index >= 15 is 0 Å². The molecule has 1 unspecified atom stereocenters. The Labute approximate surface area is 190 Å². The lowest BCUT2D eigenvalue weighted by molar-refractivity contribution is 0.0950. The number of amides is 1. The van der Waals surface area contributed by atoms with Crippen LogP contribution in [0.5, 0.6) is 0 Å². The number of nitrogens with one attached hydrogen (secondary N) is 4. The minimum Gasteiger partial charge on any atom is -0.348 e. The van der Waals surface area contributed by atoms with Gasteiger partial charge >= 0.3 is 0 Å². The summed E-state index contributed by atoms with van der Waals surface area (Å²) in [6.07, 6.45) is 4.47. The maximum atomic E-state index is 12.5. The normalized spacial score (nSPS) is 14.4. The average Bonchev–Trinajstić information content (AvgIpc) is 3.22. The van der Waals surface area contributed by atoms with Gasteiger partial charge in [0.25, 0.3) is 5.91 Å². The first-order chi connectivity index (χ1) is 15.1. The molecule has 174 valence electrons. The predicted octanol–water partition coefficient (Wildman–Crippen LogP) is 2.19. The van der Waals surface area contributed by atoms with Gasteiger partial charge in [-0.3, -0.25) is 4.79 Å². The van der Waals surface area contributed by atoms with Crippen LogP contribution in [0.4, 0.5) is 5.82 Å². The van der Waals surface area contributed by atoms with Crippen LogP contribution in [0.2, 0.25) is 0 Å². The molecule has 1 aliphatic heterocycles. The summed E-state index contributed by atoms with van der Waals surface area (Å²) in [7, 11) is -4.99. The molecule has 1 aromatic heterocycles. The summed E-state index contributed by atoms with van der Waals surface area (Å²) in [4.78, 5) is 17.7. The average molecular weight is 478 g/mol. The molecule has 10 heteroatoms. The largest absolute Gasteiger partial charge is 0.348 e. The van der Waals surface area contributed by atoms with Crippen molar-refractivity contribution < 1.29 is 13.2 Å². The summed E-state index contributed by atoms with van der Waals surface area (Å²) in [6, 6.07) is 9.70. The smallest absolute Gasteiger partial charge is 0.253 e. The molecule has 4 N–H and O–H groups in total. The van der Waals surface area contributed by atoms with E-state index in [4.69, 9.17) is 0 Å². The molecule has 3 rings (SSSR count). The van der Waals surface area contributed by atoms with Gasteiger partial charge in [0.05, 0.1) is 11.8 Å². The van der Waals surface area contributed by atoms with Crippen LogP contribution in [0.1, 0.15) is 41.3 Å². The predicted molar refractivity (Wildman–Crippen MR) is 134 cm³/mol. The standard InChI is InChI=1S/C22H31N5O3S2/c1-5-6-20(15-26-32(4,29)30)31(2,3)19-9-7-16(8-10-19)12-24-22(28)18-11-17-14-25-27-21(17)23-13-18/h7-11,13,20,25-26H,2-3,5-6,12,14-15H2,1,4H3,(H,23,27)(H,24,28). The van der Waals surface area contributed by atoms with Gasteiger partial charge in [0, 0.05) is 36.6 Å². The zero-order chi connectivity index (χ0) is 23.4. The molecule has 1 atom stereocenters. The maximum Gasteiger partial charge on any atom is 0.253 e. The molecule has 1 aliphatic rings. The summed E-state index contributed by atoms with van der Waals surface area (Å²) >= 11 is 0. The van der Waals surface area contributed by atoms with Gasteiger partial charge in [0.2, 0.25) is 10.0 Å². The number of hydrazine groups is 1. The van der Waals surface area contributed by atoms with Crippen LogP contribution in [0, 0.1) is 0 Å². The molecular weight excluding hydrogens is 446 g/mol. The molecule has 8 nitrogen and oxygen atoms in total. The number of fused-ring (bicyclic) bond motifs is 1. The Bertz CT molecular complexity index is 1180. The van der Waals surface area contributed by atoms with Crippen LogP contribution >= 0.6 is 9.21 Å². The van der Waals surface area contributed by atoms with E-state index in [9.17, 15) is 13.2 Å². The van der Waals surface area contributed by atoms with Crippen LogP contribution in [0.25, 0.3) is 0 Å². The maximum absolute atomic E-state index is 12.5. The fraction of sp³-hybridized carbons (Fsp3) is 0.364. The van der Waals surface area contributed by atoms with E-state index in [0.29, 0.717) is 25.2 Å². The third-order valence-electron chi connectivity index (χ3n) is 5.38. The number of benzene rings is 1. The molecule has 0 aliphatic carbocycles. The Kier molecular flexibility index (Phi) is 7.60. The lowest BCUT2D eigenvalue weighted by atomic mass is 10.1. The Morgan fingerprint density at radius 3 is 2.62 bits per heavy atom. The van der Waals surface area contributed by atoms with Gasteiger partial charge in [0.15, 0.2) is 0 Å². The van der Waals surface area contributed by atoms with Crippen molar-refractivity contribution in [3.63, 3.8) is 0 Å². The van der Waals surface area contributed by atoms with Crippen molar-refractivity contribution >= 4 is 42.7 Å². The number of pyridine rings is 1. The van der Waals surface area contributed by atoms with Gasteiger partial charge in [-0.1, -0.05) is 37.2 Å². The number of carbonyl (C=O) groups excluding carboxylic acids is 1. The van der Waals surface area contributed by atoms with Crippen molar-refractivity contribution in [2.75, 3.05) is 18.2 Å². The number of rotatable bonds is 10. The quantitative estimate of drug-likeness (QED) is 0.390. The summed E-state index contributed by atoms with van der Waals surface area (Å²) in [6.45, 7) is 3.41. The second kappa shape index (κ2) is 10.0. The van der Waals surface area contributed by atoms with E-state index in [2.05, 4.69) is 44.5 Å². The number of nitrogens with zero attached hydrogens (tertiary/aromatic N) is 1. The van der Waals surface area contributed by atoms with E-state index in [1.165, 1.54) is 0 Å². The first kappa shape index (κ1) is 24.2. The molecule has 0 fully saturated rings. The van der Waals surface area contributed by atoms with Crippen LogP contribution in [-0.4, -0.2) is 49.1 Å². The van der Waals surface area contributed by atoms with Crippen molar-refractivity contribution in [2.24, 2.45) is 0 Å². The summed E-state index contributed by atoms with van der Waals surface area (Å²) in [5.41, 5.74) is 8.34. The highest BCUT2D eigenvalue weighted by atomic mass is 32.2. The monoisotopic (exact) mass is 477 g/mol. The van der Waals surface area contributed by atoms with E-state index in [-0.39, 0.29) is 11.2 Å². The Morgan fingerprint density at radius 2 is 1.97 bits per heavy atom. The lowest BCUT2D eigenvalue weighted by Gasteiger charge is -2.27. The van der Waals surface area contributed by atoms with Gasteiger partial charge in [-0.15, -0.1) is 0 Å². The molecular formula is C22H31N5O3S2. The van der Waals surface area contributed by atoms with Gasteiger partial charge in [-0.25, -0.2) is 23.5 Å². The molecule has 0 bridgehead atoms. The topological polar surface area (TPSA) is 112 Å². The van der Waals surface area contributed by atoms with Crippen LogP contribution in [0.15, 0.2) is 41.4 Å². The van der Waals surface area contributed by atoms with Crippen molar-refractivity contribution in [1.29, 1.82) is 0 Å². The highest BCUT2D eigenvalue weighted by Crippen LogP contribution is 2.39. The fourth-order valence-electron chi connectivity index (χ4n) is 3.51. The highest BCUT2D eigenvalue weighted by molar-refractivity contribution is 8.28. The molecule has 0 saturated heterocycles. The summed E-state index contributed by atoms with van der Waals surface area (Å²) < 4.78 is 25.7. The zero-order valence-corrected chi connectivity index (χ0v) is 20.1. The molecule has 0 radical (unpaired) electrons. The Balaban J connectivity index is 1.64. The first-order valence-corrected chi connectivity index (χ1v) is 14.3. The molecule has 1 aromatic carbocycles. The van der Waals surface area contributed by atoms with E-state index < -0.39 is 19.2 Å². The van der Waals surface area contributed by atoms with E-state index in [1.807, 2.05) is 30.3 Å². The molecule has 2 heterocycles. The zero-order valence-electron chi connectivity index (χ0n) is 18.5. The van der Waals surface area contributed by atoms with Crippen molar-refractivity contribution in [2.45, 2.75) is 43.0 Å². The van der Waals surface area contributed by atoms with Crippen LogP contribution in [0.3, 0.4) is 0 Å². The SMILES string of the molecule is C=S(=C)(c1ccc(CNC(=O)c2cnc3c(c2)CNN3)cc1)C(CCC)CNS(C)(=O)=O. The van der Waals surface area contributed by atoms with Gasteiger partial charge in [-0.2, -0.15) is 9.21 Å². The van der Waals surface area contributed by atoms with Gasteiger partial charge in [0.1, 0.15) is 5.82 Å². The molecule has 2 aromatic rings. The third-order valence-corrected chi connectivity index (χ3v) is 8.96.